The van der Waals surface area contributed by atoms with Crippen molar-refractivity contribution in [1.82, 2.24) is 14.8 Å². The summed E-state index contributed by atoms with van der Waals surface area (Å²) in [7, 11) is 3.48. The lowest BCUT2D eigenvalue weighted by Crippen LogP contribution is -2.08. The number of hydrogen-bond donors (Lipinski definition) is 1. The van der Waals surface area contributed by atoms with E-state index in [1.54, 1.807) is 25.3 Å². The normalized spacial score (nSPS) is 15.1. The molecule has 7 nitrogen and oxygen atoms in total. The number of thioether (sulfide) groups is 1. The van der Waals surface area contributed by atoms with E-state index in [1.165, 1.54) is 11.8 Å². The zero-order valence-corrected chi connectivity index (χ0v) is 17.1. The van der Waals surface area contributed by atoms with E-state index in [4.69, 9.17) is 4.74 Å². The van der Waals surface area contributed by atoms with Gasteiger partial charge in [0, 0.05) is 18.3 Å². The van der Waals surface area contributed by atoms with Crippen molar-refractivity contribution < 1.29 is 14.3 Å². The smallest absolute Gasteiger partial charge is 0.231 e. The highest BCUT2D eigenvalue weighted by atomic mass is 32.2. The summed E-state index contributed by atoms with van der Waals surface area (Å²) in [6.07, 6.45) is 0. The van der Waals surface area contributed by atoms with Gasteiger partial charge in [0.25, 0.3) is 0 Å². The lowest BCUT2D eigenvalue weighted by atomic mass is 9.99. The molecule has 1 aliphatic heterocycles. The molecule has 0 saturated carbocycles. The fourth-order valence-corrected chi connectivity index (χ4v) is 4.11. The van der Waals surface area contributed by atoms with Crippen molar-refractivity contribution in [2.24, 2.45) is 7.05 Å². The first kappa shape index (κ1) is 19.2. The van der Waals surface area contributed by atoms with E-state index in [1.807, 2.05) is 42.8 Å². The van der Waals surface area contributed by atoms with Crippen molar-refractivity contribution in [2.75, 3.05) is 18.2 Å². The second kappa shape index (κ2) is 7.71. The van der Waals surface area contributed by atoms with Gasteiger partial charge in [-0.3, -0.25) is 9.59 Å². The summed E-state index contributed by atoms with van der Waals surface area (Å²) >= 11 is 1.33. The van der Waals surface area contributed by atoms with Crippen LogP contribution in [-0.2, 0) is 11.8 Å². The third-order valence-electron chi connectivity index (χ3n) is 5.01. The van der Waals surface area contributed by atoms with E-state index in [-0.39, 0.29) is 23.4 Å². The number of carbonyl (C=O) groups is 2. The molecule has 29 heavy (non-hydrogen) atoms. The summed E-state index contributed by atoms with van der Waals surface area (Å²) in [5, 5.41) is 12.0. The van der Waals surface area contributed by atoms with Gasteiger partial charge in [-0.1, -0.05) is 23.9 Å². The topological polar surface area (TPSA) is 86.1 Å². The van der Waals surface area contributed by atoms with Crippen molar-refractivity contribution in [3.63, 3.8) is 0 Å². The monoisotopic (exact) mass is 408 g/mol. The molecule has 0 bridgehead atoms. The molecule has 3 aromatic rings. The average Bonchev–Trinajstić information content (AvgIpc) is 3.24. The highest BCUT2D eigenvalue weighted by Gasteiger charge is 2.27. The lowest BCUT2D eigenvalue weighted by molar-refractivity contribution is -0.116. The van der Waals surface area contributed by atoms with Gasteiger partial charge in [0.1, 0.15) is 5.75 Å². The van der Waals surface area contributed by atoms with Gasteiger partial charge >= 0.3 is 0 Å². The highest BCUT2D eigenvalue weighted by Crippen LogP contribution is 2.33. The van der Waals surface area contributed by atoms with Gasteiger partial charge in [-0.2, -0.15) is 0 Å². The molecule has 4 rings (SSSR count). The number of fused-ring (bicyclic) bond motifs is 1. The zero-order valence-electron chi connectivity index (χ0n) is 16.3. The third-order valence-corrected chi connectivity index (χ3v) is 6.03. The standard InChI is InChI=1S/C21H20N4O3S/c1-12-15-10-13(8-9-16(15)22-20(12)27)17(26)11-29-21-24-23-19(25(21)2)14-6-4-5-7-18(14)28-3/h4-10,12H,11H2,1-3H3,(H,22,27)/t12-/m1/s1. The molecule has 2 aromatic carbocycles. The second-order valence-corrected chi connectivity index (χ2v) is 7.73. The number of aromatic nitrogens is 3. The zero-order chi connectivity index (χ0) is 20.5. The average molecular weight is 408 g/mol. The van der Waals surface area contributed by atoms with E-state index in [0.29, 0.717) is 22.3 Å². The number of para-hydroxylation sites is 1. The summed E-state index contributed by atoms with van der Waals surface area (Å²) in [6, 6.07) is 12.9. The van der Waals surface area contributed by atoms with Crippen molar-refractivity contribution in [3.05, 3.63) is 53.6 Å². The van der Waals surface area contributed by atoms with Gasteiger partial charge in [-0.05, 0) is 42.8 Å². The van der Waals surface area contributed by atoms with Gasteiger partial charge in [-0.15, -0.1) is 10.2 Å². The molecule has 0 aliphatic carbocycles. The summed E-state index contributed by atoms with van der Waals surface area (Å²) < 4.78 is 7.25. The Balaban J connectivity index is 1.50. The van der Waals surface area contributed by atoms with Gasteiger partial charge in [-0.25, -0.2) is 0 Å². The molecule has 0 spiro atoms. The maximum Gasteiger partial charge on any atom is 0.231 e. The second-order valence-electron chi connectivity index (χ2n) is 6.79. The molecular weight excluding hydrogens is 388 g/mol. The van der Waals surface area contributed by atoms with E-state index in [9.17, 15) is 9.59 Å². The molecule has 0 unspecified atom stereocenters. The van der Waals surface area contributed by atoms with Gasteiger partial charge in [0.15, 0.2) is 16.8 Å². The Kier molecular flexibility index (Phi) is 5.10. The molecule has 0 saturated heterocycles. The van der Waals surface area contributed by atoms with Crippen LogP contribution >= 0.6 is 11.8 Å². The molecule has 1 atom stereocenters. The van der Waals surface area contributed by atoms with Gasteiger partial charge < -0.3 is 14.6 Å². The maximum absolute atomic E-state index is 12.7. The van der Waals surface area contributed by atoms with Gasteiger partial charge in [0.2, 0.25) is 5.91 Å². The number of ether oxygens (including phenoxy) is 1. The van der Waals surface area contributed by atoms with Crippen LogP contribution < -0.4 is 10.1 Å². The molecule has 1 N–H and O–H groups in total. The number of benzene rings is 2. The Morgan fingerprint density at radius 3 is 2.83 bits per heavy atom. The molecule has 1 amide bonds. The van der Waals surface area contributed by atoms with Crippen LogP contribution in [-0.4, -0.2) is 39.3 Å². The maximum atomic E-state index is 12.7. The molecular formula is C21H20N4O3S. The Morgan fingerprint density at radius 1 is 1.24 bits per heavy atom. The van der Waals surface area contributed by atoms with E-state index >= 15 is 0 Å². The van der Waals surface area contributed by atoms with Crippen molar-refractivity contribution in [1.29, 1.82) is 0 Å². The van der Waals surface area contributed by atoms with Crippen LogP contribution in [0, 0.1) is 0 Å². The molecule has 8 heteroatoms. The van der Waals surface area contributed by atoms with E-state index in [0.717, 1.165) is 16.8 Å². The minimum Gasteiger partial charge on any atom is -0.496 e. The third kappa shape index (κ3) is 3.51. The fourth-order valence-electron chi connectivity index (χ4n) is 3.31. The molecule has 0 radical (unpaired) electrons. The molecule has 1 aliphatic rings. The molecule has 1 aromatic heterocycles. The largest absolute Gasteiger partial charge is 0.496 e. The van der Waals surface area contributed by atoms with Crippen LogP contribution in [0.15, 0.2) is 47.6 Å². The number of Topliss-reactive ketones (excluding diaryl/α,β-unsaturated/α-hetero) is 1. The summed E-state index contributed by atoms with van der Waals surface area (Å²) in [5.41, 5.74) is 3.07. The number of nitrogens with zero attached hydrogens (tertiary/aromatic N) is 3. The van der Waals surface area contributed by atoms with Gasteiger partial charge in [0.05, 0.1) is 24.3 Å². The molecule has 2 heterocycles. The van der Waals surface area contributed by atoms with Crippen LogP contribution in [0.25, 0.3) is 11.4 Å². The predicted octanol–water partition coefficient (Wildman–Crippen LogP) is 3.52. The summed E-state index contributed by atoms with van der Waals surface area (Å²) in [6.45, 7) is 1.84. The Hall–Kier alpha value is -3.13. The lowest BCUT2D eigenvalue weighted by Gasteiger charge is -2.08. The van der Waals surface area contributed by atoms with Crippen LogP contribution in [0.3, 0.4) is 0 Å². The van der Waals surface area contributed by atoms with Crippen LogP contribution in [0.4, 0.5) is 5.69 Å². The van der Waals surface area contributed by atoms with Crippen LogP contribution in [0.2, 0.25) is 0 Å². The molecule has 148 valence electrons. The first-order chi connectivity index (χ1) is 14.0. The predicted molar refractivity (Wildman–Crippen MR) is 112 cm³/mol. The van der Waals surface area contributed by atoms with Crippen molar-refractivity contribution in [3.8, 4) is 17.1 Å². The first-order valence-corrected chi connectivity index (χ1v) is 10.1. The Morgan fingerprint density at radius 2 is 2.03 bits per heavy atom. The van der Waals surface area contributed by atoms with Crippen molar-refractivity contribution >= 4 is 29.1 Å². The summed E-state index contributed by atoms with van der Waals surface area (Å²) in [5.74, 6) is 1.31. The number of anilines is 1. The minimum absolute atomic E-state index is 0.0220. The van der Waals surface area contributed by atoms with Crippen molar-refractivity contribution in [2.45, 2.75) is 18.0 Å². The van der Waals surface area contributed by atoms with Crippen LogP contribution in [0.5, 0.6) is 5.75 Å². The fraction of sp³-hybridized carbons (Fsp3) is 0.238. The number of rotatable bonds is 6. The minimum atomic E-state index is -0.243. The van der Waals surface area contributed by atoms with E-state index in [2.05, 4.69) is 15.5 Å². The SMILES string of the molecule is COc1ccccc1-c1nnc(SCC(=O)c2ccc3c(c2)[C@@H](C)C(=O)N3)n1C. The quantitative estimate of drug-likeness (QED) is 0.496. The first-order valence-electron chi connectivity index (χ1n) is 9.13. The number of ketones is 1. The number of methoxy groups -OCH3 is 1. The number of carbonyl (C=O) groups excluding carboxylic acids is 2. The Labute approximate surface area is 172 Å². The van der Waals surface area contributed by atoms with E-state index < -0.39 is 0 Å². The Bertz CT molecular complexity index is 1110. The molecule has 0 fully saturated rings. The summed E-state index contributed by atoms with van der Waals surface area (Å²) in [4.78, 5) is 24.5. The number of nitrogens with one attached hydrogen (secondary N) is 1. The van der Waals surface area contributed by atoms with Crippen LogP contribution in [0.1, 0.15) is 28.8 Å². The highest BCUT2D eigenvalue weighted by molar-refractivity contribution is 7.99. The number of hydrogen-bond acceptors (Lipinski definition) is 6. The number of amides is 1.